The number of Topliss-reactive ketones (excluding diaryl/α,β-unsaturated/α-hetero) is 3. The van der Waals surface area contributed by atoms with Crippen molar-refractivity contribution >= 4 is 17.3 Å². The van der Waals surface area contributed by atoms with Crippen LogP contribution in [0.1, 0.15) is 133 Å². The van der Waals surface area contributed by atoms with Crippen molar-refractivity contribution in [1.29, 1.82) is 0 Å². The van der Waals surface area contributed by atoms with Crippen LogP contribution in [0.3, 0.4) is 0 Å². The molecule has 0 aromatic heterocycles. The first-order valence-corrected chi connectivity index (χ1v) is 18.0. The van der Waals surface area contributed by atoms with Gasteiger partial charge in [0.15, 0.2) is 17.3 Å². The van der Waals surface area contributed by atoms with Gasteiger partial charge in [-0.25, -0.2) is 0 Å². The van der Waals surface area contributed by atoms with Gasteiger partial charge in [-0.15, -0.1) is 0 Å². The Bertz CT molecular complexity index is 1380. The molecule has 4 rings (SSSR count). The Morgan fingerprint density at radius 2 is 0.872 bits per heavy atom. The van der Waals surface area contributed by atoms with E-state index in [1.807, 2.05) is 18.6 Å². The Balaban J connectivity index is 1.87. The highest BCUT2D eigenvalue weighted by Gasteiger charge is 2.38. The Kier molecular flexibility index (Phi) is 11.0. The normalized spacial score (nSPS) is 20.6. The maximum atomic E-state index is 14.6. The van der Waals surface area contributed by atoms with Crippen molar-refractivity contribution in [2.45, 2.75) is 102 Å². The van der Waals surface area contributed by atoms with Gasteiger partial charge in [0.2, 0.25) is 0 Å². The average molecular weight is 644 g/mol. The quantitative estimate of drug-likeness (QED) is 0.212. The molecule has 3 aliphatic heterocycles. The Hall–Kier alpha value is -3.15. The first-order chi connectivity index (χ1) is 21.8. The number of ketones is 3. The second kappa shape index (κ2) is 14.1. The van der Waals surface area contributed by atoms with Crippen LogP contribution in [0.5, 0.6) is 0 Å². The van der Waals surface area contributed by atoms with E-state index in [1.165, 1.54) is 0 Å². The van der Waals surface area contributed by atoms with Crippen LogP contribution in [0, 0.1) is 28.1 Å². The zero-order chi connectivity index (χ0) is 34.9. The molecule has 0 aliphatic carbocycles. The van der Waals surface area contributed by atoms with Crippen molar-refractivity contribution in [3.8, 4) is 0 Å². The molecule has 1 aromatic rings. The van der Waals surface area contributed by atoms with Gasteiger partial charge in [0.05, 0.1) is 0 Å². The van der Waals surface area contributed by atoms with Gasteiger partial charge < -0.3 is 14.7 Å². The van der Waals surface area contributed by atoms with Crippen LogP contribution in [0.25, 0.3) is 0 Å². The molecular weight excluding hydrogens is 582 g/mol. The Labute approximate surface area is 285 Å². The summed E-state index contributed by atoms with van der Waals surface area (Å²) in [5.41, 5.74) is 2.48. The molecule has 258 valence electrons. The van der Waals surface area contributed by atoms with Gasteiger partial charge in [0.25, 0.3) is 0 Å². The van der Waals surface area contributed by atoms with Gasteiger partial charge in [0.1, 0.15) is 0 Å². The lowest BCUT2D eigenvalue weighted by molar-refractivity contribution is 0.0985. The van der Waals surface area contributed by atoms with Crippen LogP contribution in [-0.2, 0) is 0 Å². The summed E-state index contributed by atoms with van der Waals surface area (Å²) in [7, 11) is 0. The van der Waals surface area contributed by atoms with E-state index < -0.39 is 0 Å². The van der Waals surface area contributed by atoms with E-state index in [1.54, 1.807) is 18.2 Å². The summed E-state index contributed by atoms with van der Waals surface area (Å²) < 4.78 is 0. The molecule has 3 aliphatic rings. The van der Waals surface area contributed by atoms with E-state index in [-0.39, 0.29) is 33.6 Å². The molecule has 0 bridgehead atoms. The Morgan fingerprint density at radius 1 is 0.574 bits per heavy atom. The lowest BCUT2D eigenvalue weighted by Gasteiger charge is -2.38. The van der Waals surface area contributed by atoms with E-state index in [9.17, 15) is 14.4 Å². The van der Waals surface area contributed by atoms with E-state index in [0.29, 0.717) is 28.5 Å². The van der Waals surface area contributed by atoms with E-state index >= 15 is 0 Å². The maximum absolute atomic E-state index is 14.6. The predicted molar refractivity (Wildman–Crippen MR) is 194 cm³/mol. The first kappa shape index (κ1) is 36.7. The minimum absolute atomic E-state index is 0.101. The molecule has 47 heavy (non-hydrogen) atoms. The van der Waals surface area contributed by atoms with Crippen molar-refractivity contribution in [3.63, 3.8) is 0 Å². The van der Waals surface area contributed by atoms with Crippen LogP contribution < -0.4 is 0 Å². The molecule has 0 unspecified atom stereocenters. The summed E-state index contributed by atoms with van der Waals surface area (Å²) >= 11 is 0. The van der Waals surface area contributed by atoms with Gasteiger partial charge in [-0.3, -0.25) is 14.4 Å². The largest absolute Gasteiger partial charge is 0.377 e. The molecule has 0 atom stereocenters. The molecule has 0 amide bonds. The summed E-state index contributed by atoms with van der Waals surface area (Å²) in [5, 5.41) is 0. The molecule has 6 heteroatoms. The zero-order valence-electron chi connectivity index (χ0n) is 31.3. The molecule has 0 spiro atoms. The molecule has 6 nitrogen and oxygen atoms in total. The fourth-order valence-electron chi connectivity index (χ4n) is 7.21. The molecule has 1 aromatic carbocycles. The zero-order valence-corrected chi connectivity index (χ0v) is 31.3. The molecule has 0 saturated carbocycles. The van der Waals surface area contributed by atoms with Crippen LogP contribution in [0.2, 0.25) is 0 Å². The monoisotopic (exact) mass is 643 g/mol. The lowest BCUT2D eigenvalue weighted by atomic mass is 9.73. The standard InChI is InChI=1S/C41H61N3O3/c1-12-16-42-17-13-39(6,7)33(25-42)36(45)30-20-31(37(46)34-26-43(23-28(2)3)18-14-40(34,8)9)22-32(21-30)38(47)35-27-44(24-29(4)5)19-15-41(35,10)11/h20-22,25-29H,12-19,23-24H2,1-11H3. The van der Waals surface area contributed by atoms with E-state index in [0.717, 1.165) is 81.7 Å². The number of hydrogen-bond acceptors (Lipinski definition) is 6. The number of nitrogens with zero attached hydrogens (tertiary/aromatic N) is 3. The predicted octanol–water partition coefficient (Wildman–Crippen LogP) is 8.80. The minimum Gasteiger partial charge on any atom is -0.377 e. The third kappa shape index (κ3) is 8.48. The molecular formula is C41H61N3O3. The molecule has 0 saturated heterocycles. The van der Waals surface area contributed by atoms with Crippen molar-refractivity contribution in [1.82, 2.24) is 14.7 Å². The van der Waals surface area contributed by atoms with Crippen molar-refractivity contribution in [3.05, 3.63) is 70.2 Å². The van der Waals surface area contributed by atoms with Gasteiger partial charge in [-0.05, 0) is 72.0 Å². The van der Waals surface area contributed by atoms with Crippen molar-refractivity contribution < 1.29 is 14.4 Å². The SMILES string of the molecule is CCCN1C=C(C(=O)c2cc(C(=O)C3=CN(CC(C)C)CCC3(C)C)cc(C(=O)C3=CN(CC(C)C)CCC3(C)C)c2)C(C)(C)CC1. The Morgan fingerprint density at radius 3 is 1.17 bits per heavy atom. The minimum atomic E-state index is -0.325. The van der Waals surface area contributed by atoms with E-state index in [4.69, 9.17) is 0 Å². The molecule has 0 fully saturated rings. The van der Waals surface area contributed by atoms with Crippen molar-refractivity contribution in [2.24, 2.45) is 28.1 Å². The smallest absolute Gasteiger partial charge is 0.191 e. The van der Waals surface area contributed by atoms with Crippen LogP contribution in [0.4, 0.5) is 0 Å². The number of rotatable bonds is 12. The van der Waals surface area contributed by atoms with Gasteiger partial charge in [-0.2, -0.15) is 0 Å². The third-order valence-electron chi connectivity index (χ3n) is 10.4. The number of allylic oxidation sites excluding steroid dienone is 3. The topological polar surface area (TPSA) is 60.9 Å². The highest BCUT2D eigenvalue weighted by molar-refractivity contribution is 6.17. The number of carbonyl (C=O) groups excluding carboxylic acids is 3. The fraction of sp³-hybridized carbons (Fsp3) is 0.634. The van der Waals surface area contributed by atoms with Crippen LogP contribution in [0.15, 0.2) is 53.5 Å². The van der Waals surface area contributed by atoms with Crippen LogP contribution in [-0.4, -0.2) is 71.3 Å². The third-order valence-corrected chi connectivity index (χ3v) is 10.4. The molecule has 3 heterocycles. The summed E-state index contributed by atoms with van der Waals surface area (Å²) in [6.45, 7) is 29.0. The fourth-order valence-corrected chi connectivity index (χ4v) is 7.21. The average Bonchev–Trinajstić information content (AvgIpc) is 2.98. The summed E-state index contributed by atoms with van der Waals surface area (Å²) in [5.74, 6) is 0.632. The van der Waals surface area contributed by atoms with Crippen molar-refractivity contribution in [2.75, 3.05) is 39.3 Å². The number of benzene rings is 1. The van der Waals surface area contributed by atoms with Crippen LogP contribution >= 0.6 is 0 Å². The number of carbonyl (C=O) groups is 3. The molecule has 0 radical (unpaired) electrons. The highest BCUT2D eigenvalue weighted by Crippen LogP contribution is 2.41. The second-order valence-electron chi connectivity index (χ2n) is 17.1. The summed E-state index contributed by atoms with van der Waals surface area (Å²) in [4.78, 5) is 50.3. The lowest BCUT2D eigenvalue weighted by Crippen LogP contribution is -2.37. The van der Waals surface area contributed by atoms with E-state index in [2.05, 4.69) is 90.9 Å². The summed E-state index contributed by atoms with van der Waals surface area (Å²) in [6, 6.07) is 5.25. The first-order valence-electron chi connectivity index (χ1n) is 18.0. The second-order valence-corrected chi connectivity index (χ2v) is 17.1. The maximum Gasteiger partial charge on any atom is 0.191 e. The van der Waals surface area contributed by atoms with Gasteiger partial charge in [0, 0.05) is 91.3 Å². The van der Waals surface area contributed by atoms with Gasteiger partial charge in [-0.1, -0.05) is 76.2 Å². The molecule has 0 N–H and O–H groups in total. The number of hydrogen-bond donors (Lipinski definition) is 0. The highest BCUT2D eigenvalue weighted by atomic mass is 16.1. The van der Waals surface area contributed by atoms with Gasteiger partial charge >= 0.3 is 0 Å². The summed E-state index contributed by atoms with van der Waals surface area (Å²) in [6.07, 6.45) is 9.69.